The minimum Gasteiger partial charge on any atom is -0.420 e. The molecule has 2 aromatic rings. The first-order valence-electron chi connectivity index (χ1n) is 5.60. The topological polar surface area (TPSA) is 51.3 Å². The number of aliphatic imine (C=N–C) groups is 1. The highest BCUT2D eigenvalue weighted by Crippen LogP contribution is 2.26. The molecule has 0 spiro atoms. The quantitative estimate of drug-likeness (QED) is 0.863. The van der Waals surface area contributed by atoms with Crippen LogP contribution < -0.4 is 0 Å². The molecule has 1 aliphatic heterocycles. The summed E-state index contributed by atoms with van der Waals surface area (Å²) in [5.74, 6) is 2.99. The highest BCUT2D eigenvalue weighted by Gasteiger charge is 2.12. The van der Waals surface area contributed by atoms with E-state index < -0.39 is 0 Å². The zero-order valence-electron chi connectivity index (χ0n) is 9.57. The van der Waals surface area contributed by atoms with E-state index in [1.807, 2.05) is 30.3 Å². The first kappa shape index (κ1) is 11.8. The molecule has 0 unspecified atom stereocenters. The lowest BCUT2D eigenvalue weighted by Crippen LogP contribution is -1.84. The third-order valence-electron chi connectivity index (χ3n) is 2.36. The average molecular weight is 277 g/mol. The van der Waals surface area contributed by atoms with Gasteiger partial charge in [0, 0.05) is 11.3 Å². The van der Waals surface area contributed by atoms with Crippen molar-refractivity contribution in [1.29, 1.82) is 0 Å². The zero-order valence-corrected chi connectivity index (χ0v) is 11.2. The molecule has 1 aliphatic rings. The molecule has 0 aliphatic carbocycles. The maximum Gasteiger partial charge on any atom is 0.247 e. The highest BCUT2D eigenvalue weighted by atomic mass is 32.2. The normalized spacial score (nSPS) is 14.8. The van der Waals surface area contributed by atoms with Gasteiger partial charge in [-0.1, -0.05) is 41.7 Å². The summed E-state index contributed by atoms with van der Waals surface area (Å²) >= 11 is 3.45. The fourth-order valence-corrected chi connectivity index (χ4v) is 3.38. The van der Waals surface area contributed by atoms with Gasteiger partial charge in [-0.05, 0) is 12.1 Å². The number of aromatic nitrogens is 2. The van der Waals surface area contributed by atoms with Crippen LogP contribution in [0.25, 0.3) is 11.5 Å². The van der Waals surface area contributed by atoms with Crippen LogP contribution in [0, 0.1) is 0 Å². The largest absolute Gasteiger partial charge is 0.420 e. The van der Waals surface area contributed by atoms with Gasteiger partial charge in [0.05, 0.1) is 12.3 Å². The summed E-state index contributed by atoms with van der Waals surface area (Å²) < 4.78 is 6.74. The molecule has 0 fully saturated rings. The van der Waals surface area contributed by atoms with E-state index in [0.717, 1.165) is 22.2 Å². The first-order chi connectivity index (χ1) is 8.92. The van der Waals surface area contributed by atoms with E-state index >= 15 is 0 Å². The molecule has 92 valence electrons. The van der Waals surface area contributed by atoms with E-state index in [1.54, 1.807) is 23.5 Å². The van der Waals surface area contributed by atoms with E-state index in [1.165, 1.54) is 0 Å². The molecule has 3 rings (SSSR count). The number of nitrogens with zero attached hydrogens (tertiary/aromatic N) is 3. The van der Waals surface area contributed by atoms with E-state index in [9.17, 15) is 0 Å². The van der Waals surface area contributed by atoms with Crippen molar-refractivity contribution in [2.75, 3.05) is 12.3 Å². The summed E-state index contributed by atoms with van der Waals surface area (Å²) in [6.45, 7) is 0.923. The van der Waals surface area contributed by atoms with Crippen molar-refractivity contribution in [1.82, 2.24) is 10.2 Å². The standard InChI is InChI=1S/C12H11N3OS2/c1-2-4-9(5-3-1)11-15-14-10(16-11)8-18-12-13-6-7-17-12/h1-5H,6-8H2. The number of hydrogen-bond donors (Lipinski definition) is 0. The Kier molecular flexibility index (Phi) is 3.66. The molecule has 4 nitrogen and oxygen atoms in total. The minimum atomic E-state index is 0.576. The SMILES string of the molecule is c1ccc(-c2nnc(CSC3=NCCS3)o2)cc1. The monoisotopic (exact) mass is 277 g/mol. The highest BCUT2D eigenvalue weighted by molar-refractivity contribution is 8.38. The van der Waals surface area contributed by atoms with Gasteiger partial charge < -0.3 is 4.42 Å². The van der Waals surface area contributed by atoms with Gasteiger partial charge in [-0.15, -0.1) is 10.2 Å². The summed E-state index contributed by atoms with van der Waals surface area (Å²) in [7, 11) is 0. The van der Waals surface area contributed by atoms with Crippen LogP contribution in [0.15, 0.2) is 39.7 Å². The van der Waals surface area contributed by atoms with Gasteiger partial charge in [-0.3, -0.25) is 4.99 Å². The van der Waals surface area contributed by atoms with Crippen molar-refractivity contribution in [2.24, 2.45) is 4.99 Å². The molecule has 1 aromatic heterocycles. The first-order valence-corrected chi connectivity index (χ1v) is 7.57. The predicted molar refractivity (Wildman–Crippen MR) is 75.8 cm³/mol. The van der Waals surface area contributed by atoms with E-state index in [0.29, 0.717) is 17.5 Å². The van der Waals surface area contributed by atoms with Crippen LogP contribution in [0.2, 0.25) is 0 Å². The maximum atomic E-state index is 5.62. The molecule has 0 bridgehead atoms. The van der Waals surface area contributed by atoms with Gasteiger partial charge in [-0.2, -0.15) is 0 Å². The van der Waals surface area contributed by atoms with Crippen molar-refractivity contribution in [3.05, 3.63) is 36.2 Å². The molecule has 0 saturated heterocycles. The molecule has 0 radical (unpaired) electrons. The second kappa shape index (κ2) is 5.58. The average Bonchev–Trinajstić information content (AvgIpc) is 3.09. The van der Waals surface area contributed by atoms with Gasteiger partial charge in [0.25, 0.3) is 0 Å². The van der Waals surface area contributed by atoms with Crippen molar-refractivity contribution in [3.8, 4) is 11.5 Å². The summed E-state index contributed by atoms with van der Waals surface area (Å²) in [6.07, 6.45) is 0. The zero-order chi connectivity index (χ0) is 12.2. The van der Waals surface area contributed by atoms with Crippen molar-refractivity contribution < 1.29 is 4.42 Å². The predicted octanol–water partition coefficient (Wildman–Crippen LogP) is 3.07. The fourth-order valence-electron chi connectivity index (χ4n) is 1.54. The Morgan fingerprint density at radius 1 is 1.22 bits per heavy atom. The lowest BCUT2D eigenvalue weighted by atomic mass is 10.2. The number of benzene rings is 1. The Morgan fingerprint density at radius 2 is 2.11 bits per heavy atom. The molecular weight excluding hydrogens is 266 g/mol. The van der Waals surface area contributed by atoms with Gasteiger partial charge in [-0.25, -0.2) is 0 Å². The third-order valence-corrected chi connectivity index (χ3v) is 4.60. The van der Waals surface area contributed by atoms with Gasteiger partial charge in [0.1, 0.15) is 4.38 Å². The molecule has 0 N–H and O–H groups in total. The second-order valence-corrected chi connectivity index (χ2v) is 5.96. The van der Waals surface area contributed by atoms with Crippen LogP contribution in [-0.4, -0.2) is 26.9 Å². The second-order valence-electron chi connectivity index (χ2n) is 3.65. The Hall–Kier alpha value is -1.27. The Bertz CT molecular complexity index is 553. The Labute approximate surface area is 113 Å². The summed E-state index contributed by atoms with van der Waals surface area (Å²) in [6, 6.07) is 9.80. The lowest BCUT2D eigenvalue weighted by molar-refractivity contribution is 0.529. The Morgan fingerprint density at radius 3 is 2.89 bits per heavy atom. The molecule has 18 heavy (non-hydrogen) atoms. The van der Waals surface area contributed by atoms with Gasteiger partial charge >= 0.3 is 0 Å². The lowest BCUT2D eigenvalue weighted by Gasteiger charge is -1.95. The molecular formula is C12H11N3OS2. The van der Waals surface area contributed by atoms with E-state index in [2.05, 4.69) is 15.2 Å². The molecule has 0 amide bonds. The van der Waals surface area contributed by atoms with E-state index in [4.69, 9.17) is 4.42 Å². The summed E-state index contributed by atoms with van der Waals surface area (Å²) in [4.78, 5) is 4.37. The molecule has 0 atom stereocenters. The van der Waals surface area contributed by atoms with Crippen LogP contribution in [0.4, 0.5) is 0 Å². The Balaban J connectivity index is 1.66. The fraction of sp³-hybridized carbons (Fsp3) is 0.250. The van der Waals surface area contributed by atoms with Crippen molar-refractivity contribution >= 4 is 27.9 Å². The molecule has 2 heterocycles. The van der Waals surface area contributed by atoms with Gasteiger partial charge in [0.2, 0.25) is 11.8 Å². The smallest absolute Gasteiger partial charge is 0.247 e. The summed E-state index contributed by atoms with van der Waals surface area (Å²) in [5.41, 5.74) is 0.953. The van der Waals surface area contributed by atoms with Gasteiger partial charge in [0.15, 0.2) is 0 Å². The van der Waals surface area contributed by atoms with Crippen LogP contribution >= 0.6 is 23.5 Å². The molecule has 0 saturated carbocycles. The summed E-state index contributed by atoms with van der Waals surface area (Å²) in [5, 5.41) is 8.11. The van der Waals surface area contributed by atoms with Crippen LogP contribution in [-0.2, 0) is 5.75 Å². The minimum absolute atomic E-state index is 0.576. The van der Waals surface area contributed by atoms with Crippen LogP contribution in [0.3, 0.4) is 0 Å². The molecule has 6 heteroatoms. The van der Waals surface area contributed by atoms with Crippen molar-refractivity contribution in [2.45, 2.75) is 5.75 Å². The molecule has 1 aromatic carbocycles. The van der Waals surface area contributed by atoms with E-state index in [-0.39, 0.29) is 0 Å². The number of rotatable bonds is 3. The van der Waals surface area contributed by atoms with Crippen molar-refractivity contribution in [3.63, 3.8) is 0 Å². The van der Waals surface area contributed by atoms with Crippen LogP contribution in [0.5, 0.6) is 0 Å². The maximum absolute atomic E-state index is 5.62. The van der Waals surface area contributed by atoms with Crippen LogP contribution in [0.1, 0.15) is 5.89 Å². The number of hydrogen-bond acceptors (Lipinski definition) is 6. The number of thioether (sulfide) groups is 2. The third kappa shape index (κ3) is 2.76.